The van der Waals surface area contributed by atoms with Crippen LogP contribution in [0.1, 0.15) is 6.92 Å². The van der Waals surface area contributed by atoms with Gasteiger partial charge in [0, 0.05) is 0 Å². The summed E-state index contributed by atoms with van der Waals surface area (Å²) in [7, 11) is 0. The van der Waals surface area contributed by atoms with Gasteiger partial charge in [-0.3, -0.25) is 0 Å². The lowest BCUT2D eigenvalue weighted by Gasteiger charge is -2.46. The SMILES string of the molecule is CC1OC(CO)C(OC2OC(CO)C(O)C(O)C2O)C(O)C1N. The summed E-state index contributed by atoms with van der Waals surface area (Å²) in [6.07, 6.45) is -11.1. The molecule has 136 valence electrons. The molecule has 0 aromatic heterocycles. The number of nitrogens with two attached hydrogens (primary N) is 1. The summed E-state index contributed by atoms with van der Waals surface area (Å²) in [6.45, 7) is 0.575. The second-order valence-corrected chi connectivity index (χ2v) is 5.93. The van der Waals surface area contributed by atoms with E-state index in [1.807, 2.05) is 0 Å². The molecule has 0 saturated carbocycles. The highest BCUT2D eigenvalue weighted by Crippen LogP contribution is 2.28. The quantitative estimate of drug-likeness (QED) is 0.265. The van der Waals surface area contributed by atoms with Crippen LogP contribution in [0.15, 0.2) is 0 Å². The Balaban J connectivity index is 2.11. The van der Waals surface area contributed by atoms with Gasteiger partial charge in [0.2, 0.25) is 0 Å². The van der Waals surface area contributed by atoms with Crippen molar-refractivity contribution in [1.82, 2.24) is 0 Å². The van der Waals surface area contributed by atoms with Gasteiger partial charge >= 0.3 is 0 Å². The molecule has 2 aliphatic heterocycles. The smallest absolute Gasteiger partial charge is 0.187 e. The van der Waals surface area contributed by atoms with Gasteiger partial charge in [0.05, 0.1) is 25.4 Å². The number of aliphatic hydroxyl groups is 6. The van der Waals surface area contributed by atoms with Crippen molar-refractivity contribution < 1.29 is 44.8 Å². The molecule has 8 N–H and O–H groups in total. The fraction of sp³-hybridized carbons (Fsp3) is 1.00. The maximum Gasteiger partial charge on any atom is 0.187 e. The van der Waals surface area contributed by atoms with Crippen LogP contribution >= 0.6 is 0 Å². The maximum absolute atomic E-state index is 10.2. The predicted molar refractivity (Wildman–Crippen MR) is 74.0 cm³/mol. The summed E-state index contributed by atoms with van der Waals surface area (Å²) in [6, 6.07) is -0.785. The second-order valence-electron chi connectivity index (χ2n) is 5.93. The molecule has 2 aliphatic rings. The normalized spacial score (nSPS) is 51.7. The first-order chi connectivity index (χ1) is 10.8. The summed E-state index contributed by atoms with van der Waals surface area (Å²) in [5, 5.41) is 58.2. The third-order valence-electron chi connectivity index (χ3n) is 4.35. The molecule has 2 heterocycles. The van der Waals surface area contributed by atoms with Crippen LogP contribution in [0.25, 0.3) is 0 Å². The lowest BCUT2D eigenvalue weighted by molar-refractivity contribution is -0.335. The molecular formula is C13H25NO9. The minimum atomic E-state index is -1.62. The fourth-order valence-electron chi connectivity index (χ4n) is 2.81. The molecule has 0 radical (unpaired) electrons. The van der Waals surface area contributed by atoms with E-state index in [9.17, 15) is 25.5 Å². The summed E-state index contributed by atoms with van der Waals surface area (Å²) < 4.78 is 16.1. The van der Waals surface area contributed by atoms with Crippen LogP contribution in [-0.2, 0) is 14.2 Å². The molecule has 10 atom stereocenters. The molecule has 0 spiro atoms. The van der Waals surface area contributed by atoms with Gasteiger partial charge in [-0.15, -0.1) is 0 Å². The van der Waals surface area contributed by atoms with Crippen LogP contribution < -0.4 is 5.73 Å². The van der Waals surface area contributed by atoms with Gasteiger partial charge in [-0.2, -0.15) is 0 Å². The Morgan fingerprint density at radius 3 is 2.04 bits per heavy atom. The number of hydrogen-bond acceptors (Lipinski definition) is 10. The standard InChI is InChI=1S/C13H25NO9/c1-4-7(14)9(18)12(6(3-16)21-4)23-13-11(20)10(19)8(17)5(2-15)22-13/h4-13,15-20H,2-3,14H2,1H3. The third kappa shape index (κ3) is 3.66. The van der Waals surface area contributed by atoms with Crippen molar-refractivity contribution in [2.45, 2.75) is 68.1 Å². The summed E-state index contributed by atoms with van der Waals surface area (Å²) >= 11 is 0. The first-order valence-corrected chi connectivity index (χ1v) is 7.47. The Morgan fingerprint density at radius 2 is 1.48 bits per heavy atom. The molecule has 0 aromatic carbocycles. The van der Waals surface area contributed by atoms with Crippen LogP contribution in [0.3, 0.4) is 0 Å². The van der Waals surface area contributed by atoms with E-state index in [2.05, 4.69) is 0 Å². The van der Waals surface area contributed by atoms with Gasteiger partial charge in [-0.05, 0) is 6.92 Å². The van der Waals surface area contributed by atoms with Crippen molar-refractivity contribution in [1.29, 1.82) is 0 Å². The van der Waals surface area contributed by atoms with Gasteiger partial charge in [0.15, 0.2) is 6.29 Å². The van der Waals surface area contributed by atoms with Gasteiger partial charge in [-0.25, -0.2) is 0 Å². The molecule has 23 heavy (non-hydrogen) atoms. The van der Waals surface area contributed by atoms with Crippen molar-refractivity contribution >= 4 is 0 Å². The average molecular weight is 339 g/mol. The Bertz CT molecular complexity index is 382. The number of rotatable bonds is 4. The van der Waals surface area contributed by atoms with E-state index in [0.717, 1.165) is 0 Å². The fourth-order valence-corrected chi connectivity index (χ4v) is 2.81. The third-order valence-corrected chi connectivity index (χ3v) is 4.35. The molecule has 2 rings (SSSR count). The molecule has 2 fully saturated rings. The number of ether oxygens (including phenoxy) is 3. The van der Waals surface area contributed by atoms with E-state index in [1.165, 1.54) is 0 Å². The Kier molecular flexibility index (Phi) is 6.30. The van der Waals surface area contributed by atoms with E-state index >= 15 is 0 Å². The molecule has 2 saturated heterocycles. The van der Waals surface area contributed by atoms with Crippen LogP contribution in [0.2, 0.25) is 0 Å². The summed E-state index contributed by atoms with van der Waals surface area (Å²) in [5.74, 6) is 0. The molecule has 0 aliphatic carbocycles. The zero-order valence-corrected chi connectivity index (χ0v) is 12.7. The van der Waals surface area contributed by atoms with E-state index < -0.39 is 74.4 Å². The lowest BCUT2D eigenvalue weighted by atomic mass is 9.93. The van der Waals surface area contributed by atoms with Crippen molar-refractivity contribution in [2.24, 2.45) is 5.73 Å². The van der Waals surface area contributed by atoms with E-state index in [1.54, 1.807) is 6.92 Å². The first kappa shape index (κ1) is 18.9. The lowest BCUT2D eigenvalue weighted by Crippen LogP contribution is -2.65. The minimum Gasteiger partial charge on any atom is -0.394 e. The van der Waals surface area contributed by atoms with E-state index in [-0.39, 0.29) is 0 Å². The zero-order valence-electron chi connectivity index (χ0n) is 12.7. The largest absolute Gasteiger partial charge is 0.394 e. The minimum absolute atomic E-state index is 0.462. The Morgan fingerprint density at radius 1 is 0.870 bits per heavy atom. The van der Waals surface area contributed by atoms with E-state index in [4.69, 9.17) is 25.1 Å². The van der Waals surface area contributed by atoms with Crippen molar-refractivity contribution in [3.63, 3.8) is 0 Å². The Hall–Kier alpha value is -0.400. The highest BCUT2D eigenvalue weighted by molar-refractivity contribution is 4.96. The molecule has 10 unspecified atom stereocenters. The highest BCUT2D eigenvalue weighted by Gasteiger charge is 2.49. The molecule has 10 heteroatoms. The maximum atomic E-state index is 10.2. The molecule has 0 aromatic rings. The number of aliphatic hydroxyl groups excluding tert-OH is 6. The molecule has 0 amide bonds. The van der Waals surface area contributed by atoms with Gasteiger partial charge in [0.1, 0.15) is 42.7 Å². The van der Waals surface area contributed by atoms with Crippen LogP contribution in [-0.4, -0.2) is 105 Å². The topological polar surface area (TPSA) is 175 Å². The van der Waals surface area contributed by atoms with Gasteiger partial charge in [-0.1, -0.05) is 0 Å². The molecule has 10 nitrogen and oxygen atoms in total. The molecular weight excluding hydrogens is 314 g/mol. The average Bonchev–Trinajstić information content (AvgIpc) is 2.55. The monoisotopic (exact) mass is 339 g/mol. The summed E-state index contributed by atoms with van der Waals surface area (Å²) in [5.41, 5.74) is 5.80. The van der Waals surface area contributed by atoms with Crippen molar-refractivity contribution in [3.05, 3.63) is 0 Å². The first-order valence-electron chi connectivity index (χ1n) is 7.47. The second kappa shape index (κ2) is 7.66. The number of hydrogen-bond donors (Lipinski definition) is 7. The zero-order chi connectivity index (χ0) is 17.3. The van der Waals surface area contributed by atoms with Crippen LogP contribution in [0.4, 0.5) is 0 Å². The Labute approximate surface area is 133 Å². The van der Waals surface area contributed by atoms with Crippen molar-refractivity contribution in [2.75, 3.05) is 13.2 Å². The van der Waals surface area contributed by atoms with Crippen LogP contribution in [0.5, 0.6) is 0 Å². The predicted octanol–water partition coefficient (Wildman–Crippen LogP) is -4.36. The van der Waals surface area contributed by atoms with Crippen molar-refractivity contribution in [3.8, 4) is 0 Å². The van der Waals surface area contributed by atoms with E-state index in [0.29, 0.717) is 0 Å². The van der Waals surface area contributed by atoms with Gasteiger partial charge < -0.3 is 50.6 Å². The molecule has 0 bridgehead atoms. The van der Waals surface area contributed by atoms with Crippen LogP contribution in [0, 0.1) is 0 Å². The van der Waals surface area contributed by atoms with Gasteiger partial charge in [0.25, 0.3) is 0 Å². The summed E-state index contributed by atoms with van der Waals surface area (Å²) in [4.78, 5) is 0. The highest BCUT2D eigenvalue weighted by atomic mass is 16.7.